The van der Waals surface area contributed by atoms with E-state index in [0.717, 1.165) is 0 Å². The summed E-state index contributed by atoms with van der Waals surface area (Å²) in [6.07, 6.45) is -1.17. The summed E-state index contributed by atoms with van der Waals surface area (Å²) in [5.74, 6) is -1.58. The van der Waals surface area contributed by atoms with Crippen LogP contribution in [0.2, 0.25) is 0 Å². The number of urea groups is 1. The lowest BCUT2D eigenvalue weighted by Gasteiger charge is -2.13. The predicted octanol–water partition coefficient (Wildman–Crippen LogP) is 0.771. The Morgan fingerprint density at radius 2 is 2.00 bits per heavy atom. The Bertz CT molecular complexity index is 533. The van der Waals surface area contributed by atoms with Gasteiger partial charge in [-0.25, -0.2) is 9.59 Å². The first kappa shape index (κ1) is 15.0. The summed E-state index contributed by atoms with van der Waals surface area (Å²) in [5, 5.41) is 1.81. The average molecular weight is 330 g/mol. The number of ether oxygens (including phenoxy) is 1. The van der Waals surface area contributed by atoms with E-state index >= 15 is 0 Å². The summed E-state index contributed by atoms with van der Waals surface area (Å²) in [7, 11) is 0. The summed E-state index contributed by atoms with van der Waals surface area (Å²) in [4.78, 5) is 33.6. The van der Waals surface area contributed by atoms with Crippen molar-refractivity contribution < 1.29 is 19.1 Å². The average Bonchev–Trinajstić information content (AvgIpc) is 2.31. The first-order chi connectivity index (χ1) is 8.81. The maximum absolute atomic E-state index is 11.8. The predicted molar refractivity (Wildman–Crippen MR) is 71.2 cm³/mol. The number of nitrogens with two attached hydrogens (primary N) is 2. The molecule has 8 heteroatoms. The van der Waals surface area contributed by atoms with Crippen LogP contribution in [0.15, 0.2) is 22.7 Å². The van der Waals surface area contributed by atoms with Crippen LogP contribution < -0.4 is 16.8 Å². The van der Waals surface area contributed by atoms with Gasteiger partial charge in [0, 0.05) is 10.2 Å². The molecule has 0 aliphatic heterocycles. The largest absolute Gasteiger partial charge is 0.449 e. The van der Waals surface area contributed by atoms with Crippen LogP contribution in [0.3, 0.4) is 0 Å². The minimum Gasteiger partial charge on any atom is -0.449 e. The lowest BCUT2D eigenvalue weighted by molar-refractivity contribution is -0.127. The molecule has 5 N–H and O–H groups in total. The van der Waals surface area contributed by atoms with Crippen LogP contribution >= 0.6 is 15.9 Å². The summed E-state index contributed by atoms with van der Waals surface area (Å²) >= 11 is 3.19. The highest BCUT2D eigenvalue weighted by atomic mass is 79.9. The quantitative estimate of drug-likeness (QED) is 0.558. The maximum Gasteiger partial charge on any atom is 0.341 e. The second-order valence-electron chi connectivity index (χ2n) is 3.63. The number of nitrogen functional groups attached to an aromatic ring is 1. The highest BCUT2D eigenvalue weighted by Crippen LogP contribution is 2.19. The van der Waals surface area contributed by atoms with Gasteiger partial charge in [0.25, 0.3) is 5.91 Å². The van der Waals surface area contributed by atoms with Crippen molar-refractivity contribution >= 4 is 39.5 Å². The van der Waals surface area contributed by atoms with E-state index in [-0.39, 0.29) is 11.3 Å². The molecular weight excluding hydrogens is 318 g/mol. The zero-order chi connectivity index (χ0) is 14.6. The molecule has 1 aromatic carbocycles. The molecule has 1 atom stereocenters. The zero-order valence-corrected chi connectivity index (χ0v) is 11.6. The number of esters is 1. The first-order valence-corrected chi connectivity index (χ1v) is 5.97. The van der Waals surface area contributed by atoms with E-state index in [1.54, 1.807) is 6.07 Å². The van der Waals surface area contributed by atoms with Crippen molar-refractivity contribution in [2.75, 3.05) is 5.73 Å². The third kappa shape index (κ3) is 4.25. The molecule has 7 nitrogen and oxygen atoms in total. The van der Waals surface area contributed by atoms with Gasteiger partial charge in [0.2, 0.25) is 0 Å². The topological polar surface area (TPSA) is 125 Å². The third-order valence-corrected chi connectivity index (χ3v) is 2.63. The van der Waals surface area contributed by atoms with Gasteiger partial charge in [-0.3, -0.25) is 10.1 Å². The molecular formula is C11H12BrN3O4. The van der Waals surface area contributed by atoms with Crippen molar-refractivity contribution in [3.8, 4) is 0 Å². The van der Waals surface area contributed by atoms with E-state index < -0.39 is 24.0 Å². The highest BCUT2D eigenvalue weighted by molar-refractivity contribution is 9.10. The van der Waals surface area contributed by atoms with Crippen molar-refractivity contribution in [2.24, 2.45) is 5.73 Å². The number of benzene rings is 1. The molecule has 0 aliphatic rings. The molecule has 0 saturated heterocycles. The van der Waals surface area contributed by atoms with Gasteiger partial charge in [-0.05, 0) is 25.1 Å². The molecule has 0 bridgehead atoms. The Hall–Kier alpha value is -2.09. The van der Waals surface area contributed by atoms with Crippen LogP contribution in [0.1, 0.15) is 17.3 Å². The van der Waals surface area contributed by atoms with Gasteiger partial charge < -0.3 is 16.2 Å². The number of halogens is 1. The Balaban J connectivity index is 2.77. The molecule has 1 rings (SSSR count). The molecule has 0 fully saturated rings. The SMILES string of the molecule is C[C@@H](OC(=O)c1cc(Br)ccc1N)C(=O)NC(N)=O. The van der Waals surface area contributed by atoms with Gasteiger partial charge in [0.15, 0.2) is 6.10 Å². The fourth-order valence-corrected chi connectivity index (χ4v) is 1.57. The van der Waals surface area contributed by atoms with Crippen LogP contribution in [0.25, 0.3) is 0 Å². The Labute approximate surface area is 117 Å². The zero-order valence-electron chi connectivity index (χ0n) is 9.98. The Morgan fingerprint density at radius 1 is 1.37 bits per heavy atom. The number of primary amides is 1. The standard InChI is InChI=1S/C11H12BrN3O4/c1-5(9(16)15-11(14)18)19-10(17)7-4-6(12)2-3-8(7)13/h2-5H,13H2,1H3,(H3,14,15,16,18)/t5-/m1/s1. The monoisotopic (exact) mass is 329 g/mol. The van der Waals surface area contributed by atoms with E-state index in [1.807, 2.05) is 5.32 Å². The van der Waals surface area contributed by atoms with Crippen molar-refractivity contribution in [3.63, 3.8) is 0 Å². The van der Waals surface area contributed by atoms with Crippen molar-refractivity contribution in [2.45, 2.75) is 13.0 Å². The number of hydrogen-bond acceptors (Lipinski definition) is 5. The second-order valence-corrected chi connectivity index (χ2v) is 4.55. The number of anilines is 1. The number of nitrogens with one attached hydrogen (secondary N) is 1. The molecule has 0 aromatic heterocycles. The van der Waals surface area contributed by atoms with Gasteiger partial charge in [-0.15, -0.1) is 0 Å². The lowest BCUT2D eigenvalue weighted by atomic mass is 10.2. The normalized spacial score (nSPS) is 11.5. The van der Waals surface area contributed by atoms with Crippen LogP contribution in [-0.4, -0.2) is 24.0 Å². The minimum atomic E-state index is -1.17. The van der Waals surface area contributed by atoms with Crippen LogP contribution in [0.4, 0.5) is 10.5 Å². The smallest absolute Gasteiger partial charge is 0.341 e. The van der Waals surface area contributed by atoms with Crippen molar-refractivity contribution in [3.05, 3.63) is 28.2 Å². The van der Waals surface area contributed by atoms with Gasteiger partial charge in [-0.1, -0.05) is 15.9 Å². The first-order valence-electron chi connectivity index (χ1n) is 5.17. The maximum atomic E-state index is 11.8. The number of hydrogen-bond donors (Lipinski definition) is 3. The minimum absolute atomic E-state index is 0.119. The third-order valence-electron chi connectivity index (χ3n) is 2.13. The highest BCUT2D eigenvalue weighted by Gasteiger charge is 2.21. The van der Waals surface area contributed by atoms with E-state index in [2.05, 4.69) is 15.9 Å². The van der Waals surface area contributed by atoms with E-state index in [1.165, 1.54) is 19.1 Å². The van der Waals surface area contributed by atoms with Crippen LogP contribution in [0, 0.1) is 0 Å². The fraction of sp³-hybridized carbons (Fsp3) is 0.182. The van der Waals surface area contributed by atoms with Crippen molar-refractivity contribution in [1.29, 1.82) is 0 Å². The summed E-state index contributed by atoms with van der Waals surface area (Å²) in [5.41, 5.74) is 10.7. The number of rotatable bonds is 3. The lowest BCUT2D eigenvalue weighted by Crippen LogP contribution is -2.42. The Morgan fingerprint density at radius 3 is 2.58 bits per heavy atom. The van der Waals surface area contributed by atoms with Crippen LogP contribution in [0.5, 0.6) is 0 Å². The molecule has 0 heterocycles. The van der Waals surface area contributed by atoms with E-state index in [4.69, 9.17) is 16.2 Å². The van der Waals surface area contributed by atoms with Gasteiger partial charge in [0.05, 0.1) is 5.56 Å². The van der Waals surface area contributed by atoms with Gasteiger partial charge >= 0.3 is 12.0 Å². The molecule has 0 aliphatic carbocycles. The molecule has 0 unspecified atom stereocenters. The number of amides is 3. The van der Waals surface area contributed by atoms with Gasteiger partial charge in [-0.2, -0.15) is 0 Å². The molecule has 102 valence electrons. The van der Waals surface area contributed by atoms with Gasteiger partial charge in [0.1, 0.15) is 0 Å². The molecule has 0 saturated carbocycles. The van der Waals surface area contributed by atoms with Crippen LogP contribution in [-0.2, 0) is 9.53 Å². The molecule has 19 heavy (non-hydrogen) atoms. The molecule has 1 aromatic rings. The number of imide groups is 1. The molecule has 0 radical (unpaired) electrons. The second kappa shape index (κ2) is 6.19. The molecule has 0 spiro atoms. The number of carbonyl (C=O) groups excluding carboxylic acids is 3. The summed E-state index contributed by atoms with van der Waals surface area (Å²) in [6.45, 7) is 1.31. The van der Waals surface area contributed by atoms with E-state index in [9.17, 15) is 14.4 Å². The van der Waals surface area contributed by atoms with Crippen molar-refractivity contribution in [1.82, 2.24) is 5.32 Å². The Kier molecular flexibility index (Phi) is 4.87. The number of carbonyl (C=O) groups is 3. The fourth-order valence-electron chi connectivity index (χ4n) is 1.21. The summed E-state index contributed by atoms with van der Waals surface area (Å²) < 4.78 is 5.52. The molecule has 3 amide bonds. The summed E-state index contributed by atoms with van der Waals surface area (Å²) in [6, 6.07) is 3.63. The van der Waals surface area contributed by atoms with E-state index in [0.29, 0.717) is 4.47 Å².